The number of phenolic OH excluding ortho intramolecular Hbond substituents is 1. The van der Waals surface area contributed by atoms with Crippen molar-refractivity contribution in [1.29, 1.82) is 0 Å². The molecule has 0 aliphatic heterocycles. The number of phenols is 1. The molecule has 0 atom stereocenters. The Bertz CT molecular complexity index is 456. The van der Waals surface area contributed by atoms with Gasteiger partial charge in [-0.05, 0) is 12.1 Å². The van der Waals surface area contributed by atoms with Gasteiger partial charge in [-0.3, -0.25) is 0 Å². The first-order chi connectivity index (χ1) is 7.25. The van der Waals surface area contributed by atoms with Crippen molar-refractivity contribution in [3.05, 3.63) is 34.7 Å². The zero-order valence-corrected chi connectivity index (χ0v) is 8.70. The number of anilines is 1. The lowest BCUT2D eigenvalue weighted by Gasteiger charge is -2.04. The van der Waals surface area contributed by atoms with Gasteiger partial charge in [0.25, 0.3) is 0 Å². The lowest BCUT2D eigenvalue weighted by molar-refractivity contribution is 0.308. The first-order valence-corrected chi connectivity index (χ1v) is 5.23. The van der Waals surface area contributed by atoms with E-state index < -0.39 is 0 Å². The second-order valence-electron chi connectivity index (χ2n) is 2.95. The monoisotopic (exact) mass is 222 g/mol. The van der Waals surface area contributed by atoms with Gasteiger partial charge in [-0.15, -0.1) is 11.3 Å². The van der Waals surface area contributed by atoms with Gasteiger partial charge in [0, 0.05) is 6.07 Å². The van der Waals surface area contributed by atoms with Crippen LogP contribution >= 0.6 is 11.3 Å². The first-order valence-electron chi connectivity index (χ1n) is 4.35. The Morgan fingerprint density at radius 2 is 2.33 bits per heavy atom. The molecule has 0 saturated carbocycles. The summed E-state index contributed by atoms with van der Waals surface area (Å²) in [5, 5.41) is 9.21. The largest absolute Gasteiger partial charge is 0.508 e. The van der Waals surface area contributed by atoms with Crippen LogP contribution in [0.5, 0.6) is 11.5 Å². The smallest absolute Gasteiger partial charge is 0.141 e. The first kappa shape index (κ1) is 9.79. The normalized spacial score (nSPS) is 10.1. The van der Waals surface area contributed by atoms with Crippen LogP contribution < -0.4 is 10.5 Å². The highest BCUT2D eigenvalue weighted by Gasteiger charge is 2.03. The average molecular weight is 222 g/mol. The van der Waals surface area contributed by atoms with Gasteiger partial charge in [0.05, 0.1) is 10.4 Å². The third-order valence-electron chi connectivity index (χ3n) is 1.86. The van der Waals surface area contributed by atoms with Crippen molar-refractivity contribution in [2.24, 2.45) is 0 Å². The van der Waals surface area contributed by atoms with Crippen LogP contribution in [0.2, 0.25) is 0 Å². The number of nitrogens with zero attached hydrogens (tertiary/aromatic N) is 1. The number of ether oxygens (including phenoxy) is 1. The minimum atomic E-state index is 0.185. The van der Waals surface area contributed by atoms with Crippen molar-refractivity contribution < 1.29 is 9.84 Å². The Morgan fingerprint density at radius 3 is 3.00 bits per heavy atom. The van der Waals surface area contributed by atoms with Gasteiger partial charge in [0.1, 0.15) is 23.9 Å². The summed E-state index contributed by atoms with van der Waals surface area (Å²) in [7, 11) is 0. The standard InChI is InChI=1S/C10H10N2O2S/c11-10-9(15-6-12-10)5-14-8-3-1-2-7(13)4-8/h1-4,6,13H,5,11H2. The summed E-state index contributed by atoms with van der Waals surface area (Å²) in [4.78, 5) is 4.80. The number of aromatic hydroxyl groups is 1. The second kappa shape index (κ2) is 4.18. The molecule has 0 unspecified atom stereocenters. The summed E-state index contributed by atoms with van der Waals surface area (Å²) in [6.45, 7) is 0.375. The number of benzene rings is 1. The Hall–Kier alpha value is -1.75. The number of thiazole rings is 1. The van der Waals surface area contributed by atoms with E-state index in [0.29, 0.717) is 18.2 Å². The maximum atomic E-state index is 9.21. The number of nitrogens with two attached hydrogens (primary N) is 1. The fourth-order valence-corrected chi connectivity index (χ4v) is 1.70. The Balaban J connectivity index is 2.02. The van der Waals surface area contributed by atoms with Gasteiger partial charge >= 0.3 is 0 Å². The molecule has 0 saturated heterocycles. The average Bonchev–Trinajstić information content (AvgIpc) is 2.61. The molecule has 0 spiro atoms. The highest BCUT2D eigenvalue weighted by atomic mass is 32.1. The quantitative estimate of drug-likeness (QED) is 0.833. The van der Waals surface area contributed by atoms with Crippen LogP contribution in [0.3, 0.4) is 0 Å². The third kappa shape index (κ3) is 2.38. The molecule has 15 heavy (non-hydrogen) atoms. The number of aromatic nitrogens is 1. The molecule has 2 aromatic rings. The maximum Gasteiger partial charge on any atom is 0.141 e. The molecule has 78 valence electrons. The van der Waals surface area contributed by atoms with Gasteiger partial charge in [-0.2, -0.15) is 0 Å². The van der Waals surface area contributed by atoms with Crippen molar-refractivity contribution in [2.75, 3.05) is 5.73 Å². The zero-order chi connectivity index (χ0) is 10.7. The Kier molecular flexibility index (Phi) is 2.73. The maximum absolute atomic E-state index is 9.21. The summed E-state index contributed by atoms with van der Waals surface area (Å²) in [5.41, 5.74) is 7.28. The van der Waals surface area contributed by atoms with Crippen LogP contribution in [-0.2, 0) is 6.61 Å². The number of hydrogen-bond acceptors (Lipinski definition) is 5. The fourth-order valence-electron chi connectivity index (χ4n) is 1.11. The van der Waals surface area contributed by atoms with Crippen molar-refractivity contribution >= 4 is 17.2 Å². The molecule has 1 aromatic carbocycles. The topological polar surface area (TPSA) is 68.4 Å². The van der Waals surface area contributed by atoms with Crippen molar-refractivity contribution in [3.8, 4) is 11.5 Å². The summed E-state index contributed by atoms with van der Waals surface area (Å²) >= 11 is 1.45. The van der Waals surface area contributed by atoms with Crippen LogP contribution in [-0.4, -0.2) is 10.1 Å². The molecule has 0 bridgehead atoms. The zero-order valence-electron chi connectivity index (χ0n) is 7.88. The third-order valence-corrected chi connectivity index (χ3v) is 2.68. The predicted molar refractivity (Wildman–Crippen MR) is 59.0 cm³/mol. The van der Waals surface area contributed by atoms with E-state index in [2.05, 4.69) is 4.98 Å². The van der Waals surface area contributed by atoms with Gasteiger partial charge in [0.15, 0.2) is 0 Å². The van der Waals surface area contributed by atoms with E-state index in [1.807, 2.05) is 0 Å². The molecular formula is C10H10N2O2S. The summed E-state index contributed by atoms with van der Waals surface area (Å²) in [6.07, 6.45) is 0. The molecule has 4 nitrogen and oxygen atoms in total. The van der Waals surface area contributed by atoms with E-state index in [0.717, 1.165) is 4.88 Å². The molecule has 0 aliphatic rings. The molecule has 0 radical (unpaired) electrons. The lowest BCUT2D eigenvalue weighted by Crippen LogP contribution is -1.97. The highest BCUT2D eigenvalue weighted by Crippen LogP contribution is 2.21. The number of hydrogen-bond donors (Lipinski definition) is 2. The minimum absolute atomic E-state index is 0.185. The summed E-state index contributed by atoms with van der Waals surface area (Å²) < 4.78 is 5.44. The van der Waals surface area contributed by atoms with Crippen molar-refractivity contribution in [2.45, 2.75) is 6.61 Å². The van der Waals surface area contributed by atoms with E-state index in [1.165, 1.54) is 11.3 Å². The molecule has 0 fully saturated rings. The highest BCUT2D eigenvalue weighted by molar-refractivity contribution is 7.10. The predicted octanol–water partition coefficient (Wildman–Crippen LogP) is 2.01. The summed E-state index contributed by atoms with van der Waals surface area (Å²) in [5.74, 6) is 1.30. The Labute approximate surface area is 91.0 Å². The van der Waals surface area contributed by atoms with E-state index >= 15 is 0 Å². The van der Waals surface area contributed by atoms with E-state index in [9.17, 15) is 5.11 Å². The number of nitrogen functional groups attached to an aromatic ring is 1. The Morgan fingerprint density at radius 1 is 1.47 bits per heavy atom. The van der Waals surface area contributed by atoms with Crippen LogP contribution in [0.4, 0.5) is 5.82 Å². The molecule has 1 heterocycles. The SMILES string of the molecule is Nc1ncsc1COc1cccc(O)c1. The second-order valence-corrected chi connectivity index (χ2v) is 3.89. The number of rotatable bonds is 3. The minimum Gasteiger partial charge on any atom is -0.508 e. The lowest BCUT2D eigenvalue weighted by atomic mass is 10.3. The summed E-state index contributed by atoms with van der Waals surface area (Å²) in [6, 6.07) is 6.64. The van der Waals surface area contributed by atoms with Crippen molar-refractivity contribution in [3.63, 3.8) is 0 Å². The van der Waals surface area contributed by atoms with Gasteiger partial charge in [0.2, 0.25) is 0 Å². The van der Waals surface area contributed by atoms with Crippen LogP contribution in [0.15, 0.2) is 29.8 Å². The molecule has 5 heteroatoms. The van der Waals surface area contributed by atoms with Gasteiger partial charge < -0.3 is 15.6 Å². The van der Waals surface area contributed by atoms with E-state index in [4.69, 9.17) is 10.5 Å². The fraction of sp³-hybridized carbons (Fsp3) is 0.100. The van der Waals surface area contributed by atoms with E-state index in [-0.39, 0.29) is 5.75 Å². The van der Waals surface area contributed by atoms with Crippen LogP contribution in [0.1, 0.15) is 4.88 Å². The van der Waals surface area contributed by atoms with Crippen LogP contribution in [0.25, 0.3) is 0 Å². The molecule has 3 N–H and O–H groups in total. The van der Waals surface area contributed by atoms with Gasteiger partial charge in [-0.25, -0.2) is 4.98 Å². The molecule has 2 rings (SSSR count). The molecular weight excluding hydrogens is 212 g/mol. The molecule has 1 aromatic heterocycles. The van der Waals surface area contributed by atoms with Crippen LogP contribution in [0, 0.1) is 0 Å². The van der Waals surface area contributed by atoms with Crippen molar-refractivity contribution in [1.82, 2.24) is 4.98 Å². The molecule has 0 aliphatic carbocycles. The van der Waals surface area contributed by atoms with Gasteiger partial charge in [-0.1, -0.05) is 6.07 Å². The molecule has 0 amide bonds. The van der Waals surface area contributed by atoms with E-state index in [1.54, 1.807) is 29.8 Å².